The third kappa shape index (κ3) is 5.58. The van der Waals surface area contributed by atoms with E-state index >= 15 is 0 Å². The van der Waals surface area contributed by atoms with Crippen molar-refractivity contribution in [3.05, 3.63) is 191 Å². The highest BCUT2D eigenvalue weighted by molar-refractivity contribution is 5.94. The molecule has 0 bridgehead atoms. The molecule has 0 amide bonds. The topological polar surface area (TPSA) is 12.5 Å². The van der Waals surface area contributed by atoms with Crippen LogP contribution < -0.4 is 9.64 Å². The smallest absolute Gasteiger partial charge is 0.151 e. The van der Waals surface area contributed by atoms with Gasteiger partial charge in [-0.25, -0.2) is 0 Å². The average molecular weight is 568 g/mol. The normalized spacial score (nSPS) is 11.5. The molecule has 6 aromatic rings. The Hall–Kier alpha value is -5.60. The molecule has 0 saturated heterocycles. The lowest BCUT2D eigenvalue weighted by molar-refractivity contribution is 0.473. The number of hydrogen-bond acceptors (Lipinski definition) is 2. The van der Waals surface area contributed by atoms with Gasteiger partial charge in [0, 0.05) is 6.54 Å². The lowest BCUT2D eigenvalue weighted by atomic mass is 9.95. The Morgan fingerprint density at radius 2 is 0.818 bits per heavy atom. The minimum absolute atomic E-state index is 0.840. The molecule has 0 unspecified atom stereocenters. The number of fused-ring (bicyclic) bond motifs is 2. The number of hydrogen-bond donors (Lipinski definition) is 0. The van der Waals surface area contributed by atoms with Crippen LogP contribution in [0.3, 0.4) is 0 Å². The summed E-state index contributed by atoms with van der Waals surface area (Å²) in [6.07, 6.45) is 4.51. The third-order valence-corrected chi connectivity index (χ3v) is 8.05. The van der Waals surface area contributed by atoms with E-state index in [9.17, 15) is 0 Å². The van der Waals surface area contributed by atoms with Crippen molar-refractivity contribution in [1.82, 2.24) is 0 Å². The average Bonchev–Trinajstić information content (AvgIpc) is 3.10. The summed E-state index contributed by atoms with van der Waals surface area (Å²) in [6.45, 7) is 3.03. The van der Waals surface area contributed by atoms with Gasteiger partial charge >= 0.3 is 0 Å². The van der Waals surface area contributed by atoms with E-state index in [-0.39, 0.29) is 0 Å². The van der Waals surface area contributed by atoms with Crippen molar-refractivity contribution in [1.29, 1.82) is 0 Å². The van der Waals surface area contributed by atoms with E-state index < -0.39 is 0 Å². The zero-order valence-electron chi connectivity index (χ0n) is 24.7. The molecule has 1 heterocycles. The Bertz CT molecular complexity index is 1720. The summed E-state index contributed by atoms with van der Waals surface area (Å²) in [6, 6.07) is 55.3. The summed E-state index contributed by atoms with van der Waals surface area (Å²) in [4.78, 5) is 2.33. The van der Waals surface area contributed by atoms with Crippen molar-refractivity contribution in [3.63, 3.8) is 0 Å². The van der Waals surface area contributed by atoms with Gasteiger partial charge in [-0.3, -0.25) is 0 Å². The van der Waals surface area contributed by atoms with Crippen LogP contribution in [0.2, 0.25) is 0 Å². The van der Waals surface area contributed by atoms with Gasteiger partial charge in [0.25, 0.3) is 0 Å². The van der Waals surface area contributed by atoms with E-state index in [2.05, 4.69) is 182 Å². The summed E-state index contributed by atoms with van der Waals surface area (Å²) in [5.74, 6) is 1.72. The highest BCUT2D eigenvalue weighted by Gasteiger charge is 2.24. The minimum atomic E-state index is 0.840. The van der Waals surface area contributed by atoms with Crippen molar-refractivity contribution < 1.29 is 4.74 Å². The maximum atomic E-state index is 6.68. The van der Waals surface area contributed by atoms with Gasteiger partial charge in [0.05, 0.1) is 11.4 Å². The second kappa shape index (κ2) is 12.3. The van der Waals surface area contributed by atoms with Crippen LogP contribution in [0.1, 0.15) is 40.3 Å². The van der Waals surface area contributed by atoms with E-state index in [1.54, 1.807) is 0 Å². The van der Waals surface area contributed by atoms with Gasteiger partial charge < -0.3 is 9.64 Å². The van der Waals surface area contributed by atoms with Gasteiger partial charge in [-0.15, -0.1) is 0 Å². The maximum Gasteiger partial charge on any atom is 0.151 e. The zero-order chi connectivity index (χ0) is 29.7. The van der Waals surface area contributed by atoms with E-state index in [0.29, 0.717) is 0 Å². The van der Waals surface area contributed by atoms with E-state index in [1.165, 1.54) is 33.4 Å². The molecule has 212 valence electrons. The minimum Gasteiger partial charge on any atom is -0.453 e. The molecule has 6 aromatic carbocycles. The first kappa shape index (κ1) is 27.2. The quantitative estimate of drug-likeness (QED) is 0.178. The second-order valence-electron chi connectivity index (χ2n) is 10.9. The van der Waals surface area contributed by atoms with Crippen LogP contribution in [-0.4, -0.2) is 6.54 Å². The first-order valence-corrected chi connectivity index (χ1v) is 15.2. The molecule has 44 heavy (non-hydrogen) atoms. The monoisotopic (exact) mass is 567 g/mol. The number of anilines is 2. The van der Waals surface area contributed by atoms with Crippen LogP contribution in [0.5, 0.6) is 11.5 Å². The first-order chi connectivity index (χ1) is 21.8. The molecular weight excluding hydrogens is 534 g/mol. The molecule has 0 aromatic heterocycles. The molecule has 0 saturated carbocycles. The van der Waals surface area contributed by atoms with Crippen molar-refractivity contribution >= 4 is 34.7 Å². The van der Waals surface area contributed by atoms with Crippen LogP contribution in [-0.2, 0) is 0 Å². The highest BCUT2D eigenvalue weighted by atomic mass is 16.5. The molecule has 1 aliphatic rings. The fraction of sp³-hybridized carbons (Fsp3) is 0.0476. The van der Waals surface area contributed by atoms with E-state index in [4.69, 9.17) is 4.74 Å². The second-order valence-corrected chi connectivity index (χ2v) is 10.9. The van der Waals surface area contributed by atoms with Crippen LogP contribution >= 0.6 is 0 Å². The lowest BCUT2D eigenvalue weighted by Crippen LogP contribution is -2.20. The fourth-order valence-electron chi connectivity index (χ4n) is 5.91. The first-order valence-electron chi connectivity index (χ1n) is 15.2. The third-order valence-electron chi connectivity index (χ3n) is 8.05. The van der Waals surface area contributed by atoms with Crippen LogP contribution in [0.15, 0.2) is 158 Å². The van der Waals surface area contributed by atoms with Gasteiger partial charge in [0.2, 0.25) is 0 Å². The van der Waals surface area contributed by atoms with Gasteiger partial charge in [0.15, 0.2) is 11.5 Å². The van der Waals surface area contributed by atoms with Gasteiger partial charge in [-0.1, -0.05) is 133 Å². The molecule has 2 heteroatoms. The van der Waals surface area contributed by atoms with E-state index in [0.717, 1.165) is 40.5 Å². The van der Waals surface area contributed by atoms with Gasteiger partial charge in [0.1, 0.15) is 0 Å². The molecule has 2 nitrogen and oxygen atoms in total. The maximum absolute atomic E-state index is 6.68. The Balaban J connectivity index is 1.28. The lowest BCUT2D eigenvalue weighted by Gasteiger charge is -2.32. The SMILES string of the molecule is CCN1c2ccc(C=C(c3ccccc3)c3ccccc3)cc2Oc2cc(C=C(c3ccccc3)c3ccccc3)ccc21. The molecule has 0 aliphatic carbocycles. The molecular formula is C42H33NO. The Kier molecular flexibility index (Phi) is 7.63. The standard InChI is InChI=1S/C42H33NO/c1-2-43-39-25-23-31(27-37(33-15-7-3-8-16-33)34-17-9-4-10-18-34)29-41(39)44-42-30-32(24-26-40(42)43)28-38(35-19-11-5-12-20-35)36-21-13-6-14-22-36/h3-30H,2H2,1H3. The zero-order valence-corrected chi connectivity index (χ0v) is 24.7. The Morgan fingerprint density at radius 1 is 0.477 bits per heavy atom. The predicted molar refractivity (Wildman–Crippen MR) is 185 cm³/mol. The van der Waals surface area contributed by atoms with Gasteiger partial charge in [-0.05, 0) is 87.9 Å². The van der Waals surface area contributed by atoms with Crippen LogP contribution in [0, 0.1) is 0 Å². The summed E-state index contributed by atoms with van der Waals surface area (Å²) >= 11 is 0. The number of benzene rings is 6. The highest BCUT2D eigenvalue weighted by Crippen LogP contribution is 2.47. The molecule has 0 radical (unpaired) electrons. The summed E-state index contributed by atoms with van der Waals surface area (Å²) in [7, 11) is 0. The van der Waals surface area contributed by atoms with Crippen LogP contribution in [0.25, 0.3) is 23.3 Å². The molecule has 1 aliphatic heterocycles. The van der Waals surface area contributed by atoms with Crippen molar-refractivity contribution in [3.8, 4) is 11.5 Å². The summed E-state index contributed by atoms with van der Waals surface area (Å²) in [5, 5.41) is 0. The van der Waals surface area contributed by atoms with Crippen molar-refractivity contribution in [2.24, 2.45) is 0 Å². The fourth-order valence-corrected chi connectivity index (χ4v) is 5.91. The number of nitrogens with zero attached hydrogens (tertiary/aromatic N) is 1. The van der Waals surface area contributed by atoms with E-state index in [1.807, 2.05) is 0 Å². The molecule has 7 rings (SSSR count). The number of ether oxygens (including phenoxy) is 1. The summed E-state index contributed by atoms with van der Waals surface area (Å²) < 4.78 is 6.68. The largest absolute Gasteiger partial charge is 0.453 e. The predicted octanol–water partition coefficient (Wildman–Crippen LogP) is 11.1. The molecule has 0 atom stereocenters. The summed E-state index contributed by atoms with van der Waals surface area (Å²) in [5.41, 5.74) is 11.4. The molecule has 0 spiro atoms. The Labute approximate surface area is 259 Å². The molecule has 0 N–H and O–H groups in total. The number of rotatable bonds is 7. The van der Waals surface area contributed by atoms with Crippen molar-refractivity contribution in [2.45, 2.75) is 6.92 Å². The van der Waals surface area contributed by atoms with Crippen molar-refractivity contribution in [2.75, 3.05) is 11.4 Å². The Morgan fingerprint density at radius 3 is 1.14 bits per heavy atom. The van der Waals surface area contributed by atoms with Crippen LogP contribution in [0.4, 0.5) is 11.4 Å². The molecule has 0 fully saturated rings. The van der Waals surface area contributed by atoms with Gasteiger partial charge in [-0.2, -0.15) is 0 Å².